The topological polar surface area (TPSA) is 136 Å². The first-order chi connectivity index (χ1) is 15.8. The molecule has 15 heteroatoms. The molecule has 2 amide bonds. The Morgan fingerprint density at radius 1 is 1.24 bits per heavy atom. The van der Waals surface area contributed by atoms with Crippen LogP contribution in [-0.2, 0) is 33.9 Å². The Morgan fingerprint density at radius 2 is 1.94 bits per heavy atom. The number of alkyl halides is 3. The third-order valence-electron chi connectivity index (χ3n) is 4.76. The van der Waals surface area contributed by atoms with Gasteiger partial charge in [-0.25, -0.2) is 28.2 Å². The lowest BCUT2D eigenvalue weighted by Gasteiger charge is -2.12. The maximum atomic E-state index is 13.1. The smallest absolute Gasteiger partial charge is 0.337 e. The Hall–Kier alpha value is -3.07. The summed E-state index contributed by atoms with van der Waals surface area (Å²) in [6, 6.07) is 2.64. The molecule has 3 aromatic rings. The van der Waals surface area contributed by atoms with Crippen molar-refractivity contribution in [1.29, 1.82) is 0 Å². The molecule has 0 aliphatic rings. The molecule has 1 unspecified atom stereocenters. The van der Waals surface area contributed by atoms with Crippen LogP contribution in [0.1, 0.15) is 12.6 Å². The Kier molecular flexibility index (Phi) is 7.26. The van der Waals surface area contributed by atoms with Gasteiger partial charge in [-0.1, -0.05) is 6.92 Å². The number of aryl methyl sites for hydroxylation is 1. The summed E-state index contributed by atoms with van der Waals surface area (Å²) >= 11 is 0. The van der Waals surface area contributed by atoms with Gasteiger partial charge < -0.3 is 9.88 Å². The second kappa shape index (κ2) is 9.66. The highest BCUT2D eigenvalue weighted by atomic mass is 32.2. The molecule has 3 aromatic heterocycles. The van der Waals surface area contributed by atoms with Crippen molar-refractivity contribution in [3.8, 4) is 11.5 Å². The minimum atomic E-state index is -4.68. The molecule has 34 heavy (non-hydrogen) atoms. The molecule has 3 rings (SSSR count). The molecule has 0 fully saturated rings. The predicted octanol–water partition coefficient (Wildman–Crippen LogP) is 2.34. The van der Waals surface area contributed by atoms with Crippen molar-refractivity contribution in [2.24, 2.45) is 7.05 Å². The zero-order chi connectivity index (χ0) is 25.3. The first-order valence-corrected chi connectivity index (χ1v) is 13.2. The fraction of sp³-hybridized carbons (Fsp3) is 0.368. The molecule has 10 nitrogen and oxygen atoms in total. The molecule has 2 N–H and O–H groups in total. The molecule has 0 aliphatic carbocycles. The summed E-state index contributed by atoms with van der Waals surface area (Å²) in [7, 11) is -3.42. The van der Waals surface area contributed by atoms with Crippen LogP contribution in [0.25, 0.3) is 22.6 Å². The van der Waals surface area contributed by atoms with Crippen LogP contribution in [0.4, 0.5) is 23.8 Å². The molecule has 3 heterocycles. The highest BCUT2D eigenvalue weighted by molar-refractivity contribution is 7.91. The zero-order valence-corrected chi connectivity index (χ0v) is 19.9. The monoisotopic (exact) mass is 518 g/mol. The average Bonchev–Trinajstić information content (AvgIpc) is 3.08. The van der Waals surface area contributed by atoms with Gasteiger partial charge in [-0.3, -0.25) is 9.53 Å². The number of aromatic nitrogens is 4. The number of fused-ring (bicyclic) bond motifs is 1. The number of hydrogen-bond acceptors (Lipinski definition) is 7. The number of pyridine rings is 2. The number of amides is 2. The Labute approximate surface area is 195 Å². The number of anilines is 1. The lowest BCUT2D eigenvalue weighted by molar-refractivity contribution is -0.141. The number of hydrogen-bond donors (Lipinski definition) is 2. The van der Waals surface area contributed by atoms with Gasteiger partial charge >= 0.3 is 12.2 Å². The van der Waals surface area contributed by atoms with E-state index >= 15 is 0 Å². The van der Waals surface area contributed by atoms with Crippen LogP contribution in [0.3, 0.4) is 0 Å². The van der Waals surface area contributed by atoms with Crippen molar-refractivity contribution in [2.45, 2.75) is 18.0 Å². The number of carbonyl (C=O) groups is 1. The molecule has 0 saturated carbocycles. The molecule has 0 bridgehead atoms. The van der Waals surface area contributed by atoms with Gasteiger partial charge in [0.1, 0.15) is 17.2 Å². The summed E-state index contributed by atoms with van der Waals surface area (Å²) < 4.78 is 77.1. The maximum absolute atomic E-state index is 13.1. The van der Waals surface area contributed by atoms with E-state index in [1.807, 2.05) is 0 Å². The largest absolute Gasteiger partial charge is 0.433 e. The quantitative estimate of drug-likeness (QED) is 0.490. The minimum Gasteiger partial charge on any atom is -0.337 e. The van der Waals surface area contributed by atoms with E-state index in [0.29, 0.717) is 0 Å². The van der Waals surface area contributed by atoms with Crippen LogP contribution < -0.4 is 10.6 Å². The molecule has 0 aromatic carbocycles. The number of halogens is 3. The second-order valence-corrected chi connectivity index (χ2v) is 11.0. The van der Waals surface area contributed by atoms with Crippen LogP contribution in [0.2, 0.25) is 0 Å². The standard InChI is InChI=1S/C19H21F3N6O4S2/c1-4-34(31,32)13-5-6-15(27-18(29)23-7-8-33(3)30)26-16(13)17-25-11-9-14(19(20,21)22)24-10-12(11)28(17)2/h5-6,9-10H,4,7-8H2,1-3H3,(H2,23,26,27,29). The number of nitrogens with zero attached hydrogens (tertiary/aromatic N) is 4. The Morgan fingerprint density at radius 3 is 2.56 bits per heavy atom. The van der Waals surface area contributed by atoms with E-state index in [1.54, 1.807) is 0 Å². The Bertz CT molecular complexity index is 1370. The Balaban J connectivity index is 2.08. The first-order valence-electron chi connectivity index (χ1n) is 9.82. The van der Waals surface area contributed by atoms with E-state index in [9.17, 15) is 30.6 Å². The van der Waals surface area contributed by atoms with E-state index in [-0.39, 0.29) is 51.3 Å². The molecule has 0 saturated heterocycles. The zero-order valence-electron chi connectivity index (χ0n) is 18.3. The van der Waals surface area contributed by atoms with Gasteiger partial charge in [0.05, 0.1) is 27.9 Å². The number of carbonyl (C=O) groups excluding carboxylic acids is 1. The normalized spacial score (nSPS) is 13.1. The van der Waals surface area contributed by atoms with Crippen LogP contribution in [0.15, 0.2) is 29.3 Å². The fourth-order valence-electron chi connectivity index (χ4n) is 3.01. The van der Waals surface area contributed by atoms with Gasteiger partial charge in [0.25, 0.3) is 0 Å². The number of rotatable bonds is 7. The SMILES string of the molecule is CCS(=O)(=O)c1ccc(NC(=O)NCCS(C)=O)nc1-c1nc2cc(C(F)(F)F)ncc2n1C. The third-order valence-corrected chi connectivity index (χ3v) is 7.30. The van der Waals surface area contributed by atoms with Gasteiger partial charge in [-0.05, 0) is 18.2 Å². The molecule has 184 valence electrons. The second-order valence-electron chi connectivity index (χ2n) is 7.16. The molecule has 1 atom stereocenters. The number of nitrogens with one attached hydrogen (secondary N) is 2. The number of urea groups is 1. The van der Waals surface area contributed by atoms with Crippen molar-refractivity contribution in [3.63, 3.8) is 0 Å². The van der Waals surface area contributed by atoms with Crippen molar-refractivity contribution in [1.82, 2.24) is 24.8 Å². The summed E-state index contributed by atoms with van der Waals surface area (Å²) in [4.78, 5) is 23.8. The van der Waals surface area contributed by atoms with Crippen LogP contribution >= 0.6 is 0 Å². The van der Waals surface area contributed by atoms with Crippen molar-refractivity contribution in [2.75, 3.05) is 29.6 Å². The van der Waals surface area contributed by atoms with Gasteiger partial charge in [0, 0.05) is 36.4 Å². The van der Waals surface area contributed by atoms with Gasteiger partial charge in [-0.2, -0.15) is 13.2 Å². The van der Waals surface area contributed by atoms with Gasteiger partial charge in [-0.15, -0.1) is 0 Å². The molecular weight excluding hydrogens is 497 g/mol. The van der Waals surface area contributed by atoms with E-state index < -0.39 is 38.5 Å². The van der Waals surface area contributed by atoms with Crippen LogP contribution in [-0.4, -0.2) is 62.5 Å². The average molecular weight is 519 g/mol. The predicted molar refractivity (Wildman–Crippen MR) is 120 cm³/mol. The highest BCUT2D eigenvalue weighted by Crippen LogP contribution is 2.32. The van der Waals surface area contributed by atoms with Crippen molar-refractivity contribution < 1.29 is 30.6 Å². The summed E-state index contributed by atoms with van der Waals surface area (Å²) in [6.45, 7) is 1.58. The summed E-state index contributed by atoms with van der Waals surface area (Å²) in [5, 5.41) is 4.95. The minimum absolute atomic E-state index is 0.0127. The molecule has 0 radical (unpaired) electrons. The summed E-state index contributed by atoms with van der Waals surface area (Å²) in [6.07, 6.45) is -2.19. The van der Waals surface area contributed by atoms with Crippen LogP contribution in [0.5, 0.6) is 0 Å². The lowest BCUT2D eigenvalue weighted by Crippen LogP contribution is -2.32. The summed E-state index contributed by atoms with van der Waals surface area (Å²) in [5.41, 5.74) is -1.10. The third kappa shape index (κ3) is 5.52. The van der Waals surface area contributed by atoms with Crippen molar-refractivity contribution >= 4 is 43.5 Å². The van der Waals surface area contributed by atoms with Gasteiger partial charge in [0.15, 0.2) is 15.7 Å². The lowest BCUT2D eigenvalue weighted by atomic mass is 10.3. The van der Waals surface area contributed by atoms with E-state index in [4.69, 9.17) is 0 Å². The summed E-state index contributed by atoms with van der Waals surface area (Å²) in [5.74, 6) is -0.0460. The first kappa shape index (κ1) is 25.6. The van der Waals surface area contributed by atoms with Crippen molar-refractivity contribution in [3.05, 3.63) is 30.1 Å². The van der Waals surface area contributed by atoms with E-state index in [2.05, 4.69) is 25.6 Å². The van der Waals surface area contributed by atoms with E-state index in [1.165, 1.54) is 36.9 Å². The molecule has 0 aliphatic heterocycles. The number of sulfone groups is 1. The highest BCUT2D eigenvalue weighted by Gasteiger charge is 2.33. The van der Waals surface area contributed by atoms with Crippen LogP contribution in [0, 0.1) is 0 Å². The van der Waals surface area contributed by atoms with E-state index in [0.717, 1.165) is 12.3 Å². The maximum Gasteiger partial charge on any atom is 0.433 e. The number of imidazole rings is 1. The van der Waals surface area contributed by atoms with Gasteiger partial charge in [0.2, 0.25) is 0 Å². The molecule has 0 spiro atoms. The molecular formula is C19H21F3N6O4S2. The fourth-order valence-corrected chi connectivity index (χ4v) is 4.41.